The monoisotopic (exact) mass is 263 g/mol. The maximum absolute atomic E-state index is 11.4. The lowest BCUT2D eigenvalue weighted by Crippen LogP contribution is -2.45. The number of hydrogen-bond donors (Lipinski definition) is 1. The number of carboxylic acids is 1. The predicted octanol–water partition coefficient (Wildman–Crippen LogP) is 2.10. The predicted molar refractivity (Wildman–Crippen MR) is 73.5 cm³/mol. The van der Waals surface area contributed by atoms with E-state index in [0.29, 0.717) is 12.2 Å². The summed E-state index contributed by atoms with van der Waals surface area (Å²) in [6.07, 6.45) is 3.51. The van der Waals surface area contributed by atoms with Crippen LogP contribution in [0.15, 0.2) is 0 Å². The average Bonchev–Trinajstić information content (AvgIpc) is 2.37. The first kappa shape index (κ1) is 13.8. The molecule has 0 radical (unpaired) electrons. The second kappa shape index (κ2) is 5.55. The summed E-state index contributed by atoms with van der Waals surface area (Å²) < 4.78 is 0. The van der Waals surface area contributed by atoms with Gasteiger partial charge in [-0.05, 0) is 39.5 Å². The number of aryl methyl sites for hydroxylation is 2. The van der Waals surface area contributed by atoms with Crippen LogP contribution >= 0.6 is 0 Å². The van der Waals surface area contributed by atoms with Crippen LogP contribution in [-0.2, 0) is 11.2 Å². The molecule has 2 rings (SSSR count). The van der Waals surface area contributed by atoms with Crippen molar-refractivity contribution in [2.75, 3.05) is 11.4 Å². The van der Waals surface area contributed by atoms with E-state index in [1.165, 1.54) is 0 Å². The summed E-state index contributed by atoms with van der Waals surface area (Å²) in [5.74, 6) is 0.773. The van der Waals surface area contributed by atoms with Crippen molar-refractivity contribution in [2.24, 2.45) is 0 Å². The van der Waals surface area contributed by atoms with Gasteiger partial charge < -0.3 is 10.0 Å². The highest BCUT2D eigenvalue weighted by atomic mass is 16.4. The van der Waals surface area contributed by atoms with Crippen molar-refractivity contribution >= 4 is 11.8 Å². The molecule has 0 saturated carbocycles. The SMILES string of the molecule is CCc1c(C)nc(C)nc1N1CCCCC1C(=O)O. The summed E-state index contributed by atoms with van der Waals surface area (Å²) in [6, 6.07) is -0.451. The number of carbonyl (C=O) groups is 1. The molecular formula is C14H21N3O2. The summed E-state index contributed by atoms with van der Waals surface area (Å²) in [5.41, 5.74) is 2.03. The molecule has 1 aliphatic heterocycles. The molecule has 0 amide bonds. The fourth-order valence-electron chi connectivity index (χ4n) is 2.81. The Kier molecular flexibility index (Phi) is 4.02. The van der Waals surface area contributed by atoms with Gasteiger partial charge in [-0.3, -0.25) is 0 Å². The number of rotatable bonds is 3. The number of hydrogen-bond acceptors (Lipinski definition) is 4. The lowest BCUT2D eigenvalue weighted by molar-refractivity contribution is -0.139. The number of aliphatic carboxylic acids is 1. The minimum Gasteiger partial charge on any atom is -0.480 e. The van der Waals surface area contributed by atoms with Crippen LogP contribution < -0.4 is 4.90 Å². The standard InChI is InChI=1S/C14H21N3O2/c1-4-11-9(2)15-10(3)16-13(11)17-8-6-5-7-12(17)14(18)19/h12H,4-8H2,1-3H3,(H,18,19). The number of aromatic nitrogens is 2. The van der Waals surface area contributed by atoms with Gasteiger partial charge in [-0.15, -0.1) is 0 Å². The van der Waals surface area contributed by atoms with Gasteiger partial charge in [0.25, 0.3) is 0 Å². The van der Waals surface area contributed by atoms with E-state index in [2.05, 4.69) is 16.9 Å². The van der Waals surface area contributed by atoms with Crippen molar-refractivity contribution in [3.8, 4) is 0 Å². The Bertz CT molecular complexity index is 488. The third-order valence-corrected chi connectivity index (χ3v) is 3.72. The number of piperidine rings is 1. The van der Waals surface area contributed by atoms with Crippen LogP contribution in [0.5, 0.6) is 0 Å². The Morgan fingerprint density at radius 3 is 2.74 bits per heavy atom. The van der Waals surface area contributed by atoms with Gasteiger partial charge in [-0.2, -0.15) is 0 Å². The van der Waals surface area contributed by atoms with E-state index in [1.807, 2.05) is 18.7 Å². The lowest BCUT2D eigenvalue weighted by atomic mass is 10.0. The molecule has 1 unspecified atom stereocenters. The fraction of sp³-hybridized carbons (Fsp3) is 0.643. The van der Waals surface area contributed by atoms with Gasteiger partial charge in [0.2, 0.25) is 0 Å². The van der Waals surface area contributed by atoms with E-state index in [0.717, 1.165) is 42.9 Å². The van der Waals surface area contributed by atoms with Gasteiger partial charge in [0, 0.05) is 17.8 Å². The van der Waals surface area contributed by atoms with E-state index in [4.69, 9.17) is 0 Å². The smallest absolute Gasteiger partial charge is 0.326 e. The molecule has 0 aromatic carbocycles. The molecule has 19 heavy (non-hydrogen) atoms. The van der Waals surface area contributed by atoms with Crippen LogP contribution in [0.4, 0.5) is 5.82 Å². The number of anilines is 1. The molecule has 1 N–H and O–H groups in total. The van der Waals surface area contributed by atoms with Gasteiger partial charge in [-0.1, -0.05) is 6.92 Å². The van der Waals surface area contributed by atoms with E-state index < -0.39 is 12.0 Å². The number of carboxylic acid groups (broad SMARTS) is 1. The molecule has 1 atom stereocenters. The molecule has 0 spiro atoms. The van der Waals surface area contributed by atoms with Crippen molar-refractivity contribution in [1.82, 2.24) is 9.97 Å². The maximum Gasteiger partial charge on any atom is 0.326 e. The summed E-state index contributed by atoms with van der Waals surface area (Å²) >= 11 is 0. The molecule has 5 nitrogen and oxygen atoms in total. The first-order valence-electron chi connectivity index (χ1n) is 6.88. The van der Waals surface area contributed by atoms with Crippen LogP contribution in [0.3, 0.4) is 0 Å². The second-order valence-electron chi connectivity index (χ2n) is 5.06. The lowest BCUT2D eigenvalue weighted by Gasteiger charge is -2.35. The van der Waals surface area contributed by atoms with Crippen LogP contribution in [0.1, 0.15) is 43.3 Å². The summed E-state index contributed by atoms with van der Waals surface area (Å²) in [7, 11) is 0. The maximum atomic E-state index is 11.4. The van der Waals surface area contributed by atoms with Gasteiger partial charge >= 0.3 is 5.97 Å². The van der Waals surface area contributed by atoms with Gasteiger partial charge in [0.05, 0.1) is 0 Å². The van der Waals surface area contributed by atoms with Gasteiger partial charge in [0.15, 0.2) is 0 Å². The largest absolute Gasteiger partial charge is 0.480 e. The van der Waals surface area contributed by atoms with E-state index in [9.17, 15) is 9.90 Å². The molecule has 104 valence electrons. The normalized spacial score (nSPS) is 19.5. The summed E-state index contributed by atoms with van der Waals surface area (Å²) in [5, 5.41) is 9.39. The highest BCUT2D eigenvalue weighted by Crippen LogP contribution is 2.28. The second-order valence-corrected chi connectivity index (χ2v) is 5.06. The Balaban J connectivity index is 2.46. The summed E-state index contributed by atoms with van der Waals surface area (Å²) in [6.45, 7) is 6.65. The third-order valence-electron chi connectivity index (χ3n) is 3.72. The van der Waals surface area contributed by atoms with Crippen LogP contribution in [-0.4, -0.2) is 33.6 Å². The summed E-state index contributed by atoms with van der Waals surface area (Å²) in [4.78, 5) is 22.3. The van der Waals surface area contributed by atoms with Crippen molar-refractivity contribution in [1.29, 1.82) is 0 Å². The van der Waals surface area contributed by atoms with Crippen LogP contribution in [0.2, 0.25) is 0 Å². The van der Waals surface area contributed by atoms with Crippen molar-refractivity contribution < 1.29 is 9.90 Å². The number of nitrogens with zero attached hydrogens (tertiary/aromatic N) is 3. The van der Waals surface area contributed by atoms with Crippen molar-refractivity contribution in [3.05, 3.63) is 17.1 Å². The molecule has 2 heterocycles. The zero-order chi connectivity index (χ0) is 14.0. The molecular weight excluding hydrogens is 242 g/mol. The zero-order valence-corrected chi connectivity index (χ0v) is 11.8. The zero-order valence-electron chi connectivity index (χ0n) is 11.8. The first-order valence-corrected chi connectivity index (χ1v) is 6.88. The molecule has 1 fully saturated rings. The highest BCUT2D eigenvalue weighted by molar-refractivity contribution is 5.78. The van der Waals surface area contributed by atoms with Crippen LogP contribution in [0.25, 0.3) is 0 Å². The average molecular weight is 263 g/mol. The van der Waals surface area contributed by atoms with E-state index in [-0.39, 0.29) is 0 Å². The molecule has 0 bridgehead atoms. The molecule has 1 aromatic heterocycles. The molecule has 0 aliphatic carbocycles. The van der Waals surface area contributed by atoms with Crippen LogP contribution in [0, 0.1) is 13.8 Å². The Labute approximate surface area is 113 Å². The Morgan fingerprint density at radius 2 is 2.11 bits per heavy atom. The van der Waals surface area contributed by atoms with E-state index in [1.54, 1.807) is 0 Å². The van der Waals surface area contributed by atoms with Gasteiger partial charge in [0.1, 0.15) is 17.7 Å². The van der Waals surface area contributed by atoms with Gasteiger partial charge in [-0.25, -0.2) is 14.8 Å². The minimum absolute atomic E-state index is 0.451. The molecule has 1 aromatic rings. The van der Waals surface area contributed by atoms with Crippen molar-refractivity contribution in [2.45, 2.75) is 52.5 Å². The molecule has 1 aliphatic rings. The molecule has 5 heteroatoms. The first-order chi connectivity index (χ1) is 9.04. The topological polar surface area (TPSA) is 66.3 Å². The quantitative estimate of drug-likeness (QED) is 0.904. The fourth-order valence-corrected chi connectivity index (χ4v) is 2.81. The minimum atomic E-state index is -0.754. The highest BCUT2D eigenvalue weighted by Gasteiger charge is 2.31. The third kappa shape index (κ3) is 2.69. The van der Waals surface area contributed by atoms with E-state index >= 15 is 0 Å². The van der Waals surface area contributed by atoms with Crippen molar-refractivity contribution in [3.63, 3.8) is 0 Å². The molecule has 1 saturated heterocycles. The Morgan fingerprint density at radius 1 is 1.37 bits per heavy atom. The Hall–Kier alpha value is -1.65.